The van der Waals surface area contributed by atoms with E-state index < -0.39 is 11.9 Å². The standard InChI is InChI=1S/C28H28O5/c1-3-24(32-27(29)4-2)11-8-20-31-25-16-14-23(15-17-25)28(30)33-26-18-12-22(13-19-26)21-9-6-5-7-10-21/h4-7,9-10,12-19,24H,2-3,8,11,20H2,1H3. The fourth-order valence-corrected chi connectivity index (χ4v) is 3.26. The summed E-state index contributed by atoms with van der Waals surface area (Å²) in [5.74, 6) is 0.318. The summed E-state index contributed by atoms with van der Waals surface area (Å²) in [6.07, 6.45) is 3.23. The van der Waals surface area contributed by atoms with Gasteiger partial charge >= 0.3 is 11.9 Å². The number of hydrogen-bond acceptors (Lipinski definition) is 5. The van der Waals surface area contributed by atoms with Gasteiger partial charge in [0, 0.05) is 6.08 Å². The van der Waals surface area contributed by atoms with Crippen molar-refractivity contribution in [3.05, 3.63) is 97.1 Å². The van der Waals surface area contributed by atoms with Crippen LogP contribution in [-0.4, -0.2) is 24.6 Å². The average molecular weight is 445 g/mol. The monoisotopic (exact) mass is 444 g/mol. The van der Waals surface area contributed by atoms with Crippen LogP contribution >= 0.6 is 0 Å². The van der Waals surface area contributed by atoms with Gasteiger partial charge in [-0.1, -0.05) is 56.0 Å². The van der Waals surface area contributed by atoms with Gasteiger partial charge in [0.2, 0.25) is 0 Å². The van der Waals surface area contributed by atoms with Crippen LogP contribution in [0.2, 0.25) is 0 Å². The number of carbonyl (C=O) groups excluding carboxylic acids is 2. The van der Waals surface area contributed by atoms with Crippen molar-refractivity contribution < 1.29 is 23.8 Å². The first-order chi connectivity index (χ1) is 16.1. The van der Waals surface area contributed by atoms with Crippen molar-refractivity contribution in [2.45, 2.75) is 32.3 Å². The fourth-order valence-electron chi connectivity index (χ4n) is 3.26. The molecule has 3 aromatic rings. The molecule has 0 amide bonds. The molecule has 0 bridgehead atoms. The predicted octanol–water partition coefficient (Wildman–Crippen LogP) is 6.24. The van der Waals surface area contributed by atoms with Gasteiger partial charge in [0.15, 0.2) is 0 Å². The maximum absolute atomic E-state index is 12.5. The van der Waals surface area contributed by atoms with Gasteiger partial charge in [-0.2, -0.15) is 0 Å². The summed E-state index contributed by atoms with van der Waals surface area (Å²) in [4.78, 5) is 23.8. The van der Waals surface area contributed by atoms with Gasteiger partial charge in [0.05, 0.1) is 12.2 Å². The molecule has 0 aliphatic heterocycles. The molecule has 1 atom stereocenters. The van der Waals surface area contributed by atoms with Crippen LogP contribution in [-0.2, 0) is 9.53 Å². The van der Waals surface area contributed by atoms with Crippen LogP contribution in [0.5, 0.6) is 11.5 Å². The Kier molecular flexibility index (Phi) is 8.83. The summed E-state index contributed by atoms with van der Waals surface area (Å²) >= 11 is 0. The van der Waals surface area contributed by atoms with Crippen molar-refractivity contribution in [2.75, 3.05) is 6.61 Å². The van der Waals surface area contributed by atoms with Crippen LogP contribution in [0.1, 0.15) is 36.5 Å². The van der Waals surface area contributed by atoms with Crippen molar-refractivity contribution in [2.24, 2.45) is 0 Å². The maximum Gasteiger partial charge on any atom is 0.343 e. The van der Waals surface area contributed by atoms with Crippen molar-refractivity contribution in [1.29, 1.82) is 0 Å². The molecular formula is C28H28O5. The Balaban J connectivity index is 1.46. The van der Waals surface area contributed by atoms with E-state index in [1.54, 1.807) is 36.4 Å². The first-order valence-electron chi connectivity index (χ1n) is 11.0. The van der Waals surface area contributed by atoms with Gasteiger partial charge < -0.3 is 14.2 Å². The largest absolute Gasteiger partial charge is 0.494 e. The number of rotatable bonds is 11. The highest BCUT2D eigenvalue weighted by atomic mass is 16.5. The number of benzene rings is 3. The molecular weight excluding hydrogens is 416 g/mol. The first-order valence-corrected chi connectivity index (χ1v) is 11.0. The van der Waals surface area contributed by atoms with E-state index in [0.29, 0.717) is 30.1 Å². The molecule has 3 rings (SSSR count). The van der Waals surface area contributed by atoms with E-state index in [-0.39, 0.29) is 6.10 Å². The SMILES string of the molecule is C=CC(=O)OC(CC)CCCOc1ccc(C(=O)Oc2ccc(-c3ccccc3)cc2)cc1. The summed E-state index contributed by atoms with van der Waals surface area (Å²) in [5.41, 5.74) is 2.60. The van der Waals surface area contributed by atoms with Crippen molar-refractivity contribution in [1.82, 2.24) is 0 Å². The molecule has 33 heavy (non-hydrogen) atoms. The first kappa shape index (κ1) is 23.8. The second kappa shape index (κ2) is 12.2. The maximum atomic E-state index is 12.5. The second-order valence-electron chi connectivity index (χ2n) is 7.47. The summed E-state index contributed by atoms with van der Waals surface area (Å²) in [5, 5.41) is 0. The van der Waals surface area contributed by atoms with E-state index in [1.807, 2.05) is 49.4 Å². The molecule has 0 saturated heterocycles. The molecule has 0 radical (unpaired) electrons. The van der Waals surface area contributed by atoms with Crippen LogP contribution < -0.4 is 9.47 Å². The van der Waals surface area contributed by atoms with Gasteiger partial charge in [0.1, 0.15) is 17.6 Å². The third-order valence-electron chi connectivity index (χ3n) is 5.11. The molecule has 0 aliphatic carbocycles. The van der Waals surface area contributed by atoms with Crippen LogP contribution in [0.4, 0.5) is 0 Å². The highest BCUT2D eigenvalue weighted by Crippen LogP contribution is 2.23. The number of ether oxygens (including phenoxy) is 3. The minimum absolute atomic E-state index is 0.141. The lowest BCUT2D eigenvalue weighted by Crippen LogP contribution is -2.16. The molecule has 0 aromatic heterocycles. The molecule has 0 fully saturated rings. The van der Waals surface area contributed by atoms with Crippen molar-refractivity contribution >= 4 is 11.9 Å². The highest BCUT2D eigenvalue weighted by molar-refractivity contribution is 5.91. The van der Waals surface area contributed by atoms with Gasteiger partial charge in [-0.15, -0.1) is 0 Å². The van der Waals surface area contributed by atoms with Crippen LogP contribution in [0, 0.1) is 0 Å². The number of hydrogen-bond donors (Lipinski definition) is 0. The Labute approximate surface area is 194 Å². The summed E-state index contributed by atoms with van der Waals surface area (Å²) in [7, 11) is 0. The molecule has 5 heteroatoms. The van der Waals surface area contributed by atoms with E-state index in [1.165, 1.54) is 6.08 Å². The number of carbonyl (C=O) groups is 2. The Morgan fingerprint density at radius 2 is 1.52 bits per heavy atom. The average Bonchev–Trinajstić information content (AvgIpc) is 2.87. The fraction of sp³-hybridized carbons (Fsp3) is 0.214. The normalized spacial score (nSPS) is 11.3. The zero-order valence-corrected chi connectivity index (χ0v) is 18.7. The van der Waals surface area contributed by atoms with Crippen molar-refractivity contribution in [3.8, 4) is 22.6 Å². The van der Waals surface area contributed by atoms with Crippen LogP contribution in [0.25, 0.3) is 11.1 Å². The van der Waals surface area contributed by atoms with E-state index in [4.69, 9.17) is 14.2 Å². The molecule has 0 aliphatic rings. The molecule has 170 valence electrons. The summed E-state index contributed by atoms with van der Waals surface area (Å²) < 4.78 is 16.5. The van der Waals surface area contributed by atoms with E-state index in [0.717, 1.165) is 24.0 Å². The zero-order valence-electron chi connectivity index (χ0n) is 18.7. The molecule has 3 aromatic carbocycles. The third-order valence-corrected chi connectivity index (χ3v) is 5.11. The minimum Gasteiger partial charge on any atom is -0.494 e. The topological polar surface area (TPSA) is 61.8 Å². The Hall–Kier alpha value is -3.86. The third kappa shape index (κ3) is 7.35. The lowest BCUT2D eigenvalue weighted by Gasteiger charge is -2.15. The quantitative estimate of drug-likeness (QED) is 0.152. The Morgan fingerprint density at radius 3 is 2.15 bits per heavy atom. The molecule has 0 saturated carbocycles. The van der Waals surface area contributed by atoms with Gasteiger partial charge in [-0.25, -0.2) is 9.59 Å². The summed E-state index contributed by atoms with van der Waals surface area (Å²) in [6.45, 7) is 5.86. The molecule has 0 spiro atoms. The van der Waals surface area contributed by atoms with Crippen LogP contribution in [0.3, 0.4) is 0 Å². The predicted molar refractivity (Wildman–Crippen MR) is 128 cm³/mol. The zero-order chi connectivity index (χ0) is 23.5. The second-order valence-corrected chi connectivity index (χ2v) is 7.47. The molecule has 1 unspecified atom stereocenters. The van der Waals surface area contributed by atoms with Crippen molar-refractivity contribution in [3.63, 3.8) is 0 Å². The Morgan fingerprint density at radius 1 is 0.879 bits per heavy atom. The molecule has 0 heterocycles. The minimum atomic E-state index is -0.427. The van der Waals surface area contributed by atoms with Gasteiger partial charge in [0.25, 0.3) is 0 Å². The van der Waals surface area contributed by atoms with Gasteiger partial charge in [-0.3, -0.25) is 0 Å². The summed E-state index contributed by atoms with van der Waals surface area (Å²) in [6, 6.07) is 24.3. The molecule has 5 nitrogen and oxygen atoms in total. The highest BCUT2D eigenvalue weighted by Gasteiger charge is 2.11. The number of esters is 2. The van der Waals surface area contributed by atoms with E-state index in [2.05, 4.69) is 6.58 Å². The Bertz CT molecular complexity index is 1040. The van der Waals surface area contributed by atoms with Gasteiger partial charge in [-0.05, 0) is 66.8 Å². The molecule has 0 N–H and O–H groups in total. The smallest absolute Gasteiger partial charge is 0.343 e. The van der Waals surface area contributed by atoms with E-state index in [9.17, 15) is 9.59 Å². The van der Waals surface area contributed by atoms with E-state index >= 15 is 0 Å². The van der Waals surface area contributed by atoms with Crippen LogP contribution in [0.15, 0.2) is 91.5 Å². The lowest BCUT2D eigenvalue weighted by atomic mass is 10.1. The lowest BCUT2D eigenvalue weighted by molar-refractivity contribution is -0.143.